The summed E-state index contributed by atoms with van der Waals surface area (Å²) in [6.45, 7) is 6.48. The normalized spacial score (nSPS) is 15.9. The van der Waals surface area contributed by atoms with Crippen LogP contribution in [0.3, 0.4) is 0 Å². The fraction of sp³-hybridized carbons (Fsp3) is 0.321. The number of para-hydroxylation sites is 1. The maximum absolute atomic E-state index is 12.2. The number of carbonyl (C=O) groups excluding carboxylic acids is 1. The number of hydrogen-bond acceptors (Lipinski definition) is 7. The number of piperazine rings is 1. The van der Waals surface area contributed by atoms with Crippen LogP contribution in [0.2, 0.25) is 0 Å². The summed E-state index contributed by atoms with van der Waals surface area (Å²) >= 11 is 0. The molecule has 10 nitrogen and oxygen atoms in total. The first-order chi connectivity index (χ1) is 18.6. The van der Waals surface area contributed by atoms with Crippen molar-refractivity contribution in [3.05, 3.63) is 72.6 Å². The molecule has 5 rings (SSSR count). The van der Waals surface area contributed by atoms with E-state index in [1.807, 2.05) is 52.1 Å². The number of nitrogens with zero attached hydrogens (tertiary/aromatic N) is 6. The number of sulfonamides is 1. The molecule has 0 unspecified atom stereocenters. The van der Waals surface area contributed by atoms with Gasteiger partial charge in [0.2, 0.25) is 21.9 Å². The first-order valence-electron chi connectivity index (χ1n) is 12.8. The second-order valence-electron chi connectivity index (χ2n) is 9.95. The van der Waals surface area contributed by atoms with Gasteiger partial charge in [-0.2, -0.15) is 4.98 Å². The number of fused-ring (bicyclic) bond motifs is 1. The smallest absolute Gasteiger partial charge is 0.232 e. The number of aromatic nitrogens is 3. The molecule has 1 amide bonds. The molecule has 0 radical (unpaired) electrons. The average molecular weight is 548 g/mol. The summed E-state index contributed by atoms with van der Waals surface area (Å²) in [5.74, 6) is 0.593. The molecule has 0 saturated carbocycles. The lowest BCUT2D eigenvalue weighted by molar-refractivity contribution is -0.131. The Morgan fingerprint density at radius 1 is 1.10 bits per heavy atom. The zero-order chi connectivity index (χ0) is 27.7. The van der Waals surface area contributed by atoms with E-state index >= 15 is 0 Å². The molecular formula is C28H33N7O3S. The summed E-state index contributed by atoms with van der Waals surface area (Å²) in [6.07, 6.45) is 4.91. The third-order valence-corrected chi connectivity index (χ3v) is 8.38. The summed E-state index contributed by atoms with van der Waals surface area (Å²) in [5, 5.41) is 4.19. The third-order valence-electron chi connectivity index (χ3n) is 7.19. The van der Waals surface area contributed by atoms with Crippen molar-refractivity contribution < 1.29 is 13.2 Å². The molecule has 0 aliphatic carbocycles. The summed E-state index contributed by atoms with van der Waals surface area (Å²) in [6, 6.07) is 17.7. The Balaban J connectivity index is 1.32. The predicted molar refractivity (Wildman–Crippen MR) is 155 cm³/mol. The first kappa shape index (κ1) is 26.5. The Bertz CT molecular complexity index is 1600. The monoisotopic (exact) mass is 547 g/mol. The van der Waals surface area contributed by atoms with E-state index in [1.54, 1.807) is 26.2 Å². The van der Waals surface area contributed by atoms with Gasteiger partial charge in [-0.25, -0.2) is 13.4 Å². The molecule has 3 heterocycles. The molecule has 1 fully saturated rings. The van der Waals surface area contributed by atoms with E-state index in [9.17, 15) is 13.2 Å². The Morgan fingerprint density at radius 3 is 2.54 bits per heavy atom. The summed E-state index contributed by atoms with van der Waals surface area (Å²) in [7, 11) is -1.83. The standard InChI is InChI=1S/C28H33N7O3S/c1-20-18-33(15-16-35(20)21(2)36)25-11-9-24(10-12-25)30-28-29-17-22-13-14-34(27(22)31-28)19-23-7-5-6-8-26(23)32(3)39(4,37)38/h5-14,17,20H,15-16,18-19H2,1-4H3,(H,29,30,31)/t20-/m1/s1. The van der Waals surface area contributed by atoms with Crippen LogP contribution in [0.25, 0.3) is 11.0 Å². The molecule has 1 saturated heterocycles. The lowest BCUT2D eigenvalue weighted by Crippen LogP contribution is -2.53. The predicted octanol–water partition coefficient (Wildman–Crippen LogP) is 3.68. The number of carbonyl (C=O) groups is 1. The molecule has 1 atom stereocenters. The highest BCUT2D eigenvalue weighted by Crippen LogP contribution is 2.26. The Morgan fingerprint density at radius 2 is 1.85 bits per heavy atom. The largest absolute Gasteiger partial charge is 0.368 e. The van der Waals surface area contributed by atoms with Crippen molar-refractivity contribution in [2.45, 2.75) is 26.4 Å². The summed E-state index contributed by atoms with van der Waals surface area (Å²) < 4.78 is 27.6. The van der Waals surface area contributed by atoms with Crippen molar-refractivity contribution in [1.29, 1.82) is 0 Å². The van der Waals surface area contributed by atoms with Crippen molar-refractivity contribution >= 4 is 50.0 Å². The van der Waals surface area contributed by atoms with Crippen LogP contribution in [0.5, 0.6) is 0 Å². The van der Waals surface area contributed by atoms with Crippen molar-refractivity contribution in [2.24, 2.45) is 0 Å². The van der Waals surface area contributed by atoms with Gasteiger partial charge in [0.05, 0.1) is 18.5 Å². The number of anilines is 4. The van der Waals surface area contributed by atoms with Crippen molar-refractivity contribution in [2.75, 3.05) is 47.5 Å². The summed E-state index contributed by atoms with van der Waals surface area (Å²) in [4.78, 5) is 25.2. The van der Waals surface area contributed by atoms with Crippen molar-refractivity contribution in [3.63, 3.8) is 0 Å². The summed E-state index contributed by atoms with van der Waals surface area (Å²) in [5.41, 5.74) is 4.22. The quantitative estimate of drug-likeness (QED) is 0.377. The lowest BCUT2D eigenvalue weighted by atomic mass is 10.1. The molecule has 1 N–H and O–H groups in total. The molecule has 1 aliphatic heterocycles. The highest BCUT2D eigenvalue weighted by molar-refractivity contribution is 7.92. The molecule has 0 bridgehead atoms. The van der Waals surface area contributed by atoms with Crippen LogP contribution in [-0.2, 0) is 21.4 Å². The number of rotatable bonds is 7. The van der Waals surface area contributed by atoms with Crippen LogP contribution in [0.15, 0.2) is 67.0 Å². The van der Waals surface area contributed by atoms with Crippen molar-refractivity contribution in [1.82, 2.24) is 19.4 Å². The van der Waals surface area contributed by atoms with E-state index in [0.29, 0.717) is 18.2 Å². The lowest BCUT2D eigenvalue weighted by Gasteiger charge is -2.40. The number of nitrogens with one attached hydrogen (secondary N) is 1. The second-order valence-corrected chi connectivity index (χ2v) is 12.0. The van der Waals surface area contributed by atoms with E-state index in [4.69, 9.17) is 4.98 Å². The maximum atomic E-state index is 12.2. The average Bonchev–Trinajstić information content (AvgIpc) is 3.30. The zero-order valence-electron chi connectivity index (χ0n) is 22.6. The minimum atomic E-state index is -3.39. The van der Waals surface area contributed by atoms with E-state index in [0.717, 1.165) is 47.6 Å². The van der Waals surface area contributed by atoms with Gasteiger partial charge >= 0.3 is 0 Å². The minimum absolute atomic E-state index is 0.121. The van der Waals surface area contributed by atoms with Crippen molar-refractivity contribution in [3.8, 4) is 0 Å². The molecule has 11 heteroatoms. The van der Waals surface area contributed by atoms with Gasteiger partial charge in [0, 0.05) is 68.8 Å². The van der Waals surface area contributed by atoms with Crippen LogP contribution >= 0.6 is 0 Å². The molecule has 2 aromatic heterocycles. The third kappa shape index (κ3) is 5.68. The highest BCUT2D eigenvalue weighted by atomic mass is 32.2. The first-order valence-corrected chi connectivity index (χ1v) is 14.7. The van der Waals surface area contributed by atoms with Gasteiger partial charge in [-0.05, 0) is 48.9 Å². The number of amides is 1. The van der Waals surface area contributed by atoms with Gasteiger partial charge in [0.25, 0.3) is 0 Å². The fourth-order valence-corrected chi connectivity index (χ4v) is 5.55. The van der Waals surface area contributed by atoms with E-state index in [-0.39, 0.29) is 11.9 Å². The molecule has 4 aromatic rings. The molecule has 2 aromatic carbocycles. The fourth-order valence-electron chi connectivity index (χ4n) is 5.02. The van der Waals surface area contributed by atoms with E-state index < -0.39 is 10.0 Å². The van der Waals surface area contributed by atoms with Gasteiger partial charge in [0.15, 0.2) is 0 Å². The SMILES string of the molecule is CC(=O)N1CCN(c2ccc(Nc3ncc4ccn(Cc5ccccc5N(C)S(C)(=O)=O)c4n3)cc2)C[C@H]1C. The van der Waals surface area contributed by atoms with Gasteiger partial charge < -0.3 is 19.7 Å². The number of hydrogen-bond donors (Lipinski definition) is 1. The maximum Gasteiger partial charge on any atom is 0.232 e. The Labute approximate surface area is 228 Å². The van der Waals surface area contributed by atoms with Gasteiger partial charge in [-0.1, -0.05) is 18.2 Å². The molecule has 39 heavy (non-hydrogen) atoms. The molecular weight excluding hydrogens is 514 g/mol. The van der Waals surface area contributed by atoms with E-state index in [2.05, 4.69) is 34.3 Å². The second kappa shape index (κ2) is 10.6. The topological polar surface area (TPSA) is 104 Å². The highest BCUT2D eigenvalue weighted by Gasteiger charge is 2.25. The van der Waals surface area contributed by atoms with Crippen LogP contribution in [0, 0.1) is 0 Å². The number of benzene rings is 2. The van der Waals surface area contributed by atoms with Gasteiger partial charge in [-0.3, -0.25) is 9.10 Å². The zero-order valence-corrected chi connectivity index (χ0v) is 23.4. The molecule has 1 aliphatic rings. The molecule has 204 valence electrons. The van der Waals surface area contributed by atoms with Gasteiger partial charge in [0.1, 0.15) is 5.65 Å². The van der Waals surface area contributed by atoms with Crippen LogP contribution in [-0.4, -0.2) is 72.7 Å². The molecule has 0 spiro atoms. The van der Waals surface area contributed by atoms with Crippen LogP contribution in [0.1, 0.15) is 19.4 Å². The van der Waals surface area contributed by atoms with Crippen LogP contribution < -0.4 is 14.5 Å². The van der Waals surface area contributed by atoms with Crippen LogP contribution in [0.4, 0.5) is 23.0 Å². The van der Waals surface area contributed by atoms with Gasteiger partial charge in [-0.15, -0.1) is 0 Å². The van der Waals surface area contributed by atoms with E-state index in [1.165, 1.54) is 10.6 Å². The Hall–Kier alpha value is -4.12. The minimum Gasteiger partial charge on any atom is -0.368 e. The Kier molecular flexibility index (Phi) is 7.17.